The van der Waals surface area contributed by atoms with E-state index < -0.39 is 0 Å². The molecule has 6 heteroatoms. The standard InChI is InChI=1S/C17H20N2O4/c20-16(12-3-4-14-15(9-12)23-10-22-14)18-13-5-7-19(8-6-13)17(21)11-1-2-11/h3-4,9,11,13H,1-2,5-8,10H2,(H,18,20). The normalized spacial score (nSPS) is 20.4. The number of benzene rings is 1. The number of carbonyl (C=O) groups excluding carboxylic acids is 2. The number of amides is 2. The molecule has 3 aliphatic rings. The Morgan fingerprint density at radius 3 is 2.52 bits per heavy atom. The number of hydrogen-bond donors (Lipinski definition) is 1. The van der Waals surface area contributed by atoms with E-state index >= 15 is 0 Å². The van der Waals surface area contributed by atoms with Gasteiger partial charge in [-0.1, -0.05) is 0 Å². The lowest BCUT2D eigenvalue weighted by atomic mass is 10.0. The van der Waals surface area contributed by atoms with E-state index in [1.165, 1.54) is 0 Å². The van der Waals surface area contributed by atoms with E-state index in [-0.39, 0.29) is 24.7 Å². The molecule has 0 unspecified atom stereocenters. The monoisotopic (exact) mass is 316 g/mol. The van der Waals surface area contributed by atoms with Crippen molar-refractivity contribution >= 4 is 11.8 Å². The molecular formula is C17H20N2O4. The lowest BCUT2D eigenvalue weighted by Crippen LogP contribution is -2.47. The summed E-state index contributed by atoms with van der Waals surface area (Å²) in [6, 6.07) is 5.34. The number of ether oxygens (including phenoxy) is 2. The number of hydrogen-bond acceptors (Lipinski definition) is 4. The van der Waals surface area contributed by atoms with E-state index in [1.54, 1.807) is 18.2 Å². The van der Waals surface area contributed by atoms with E-state index in [0.29, 0.717) is 23.0 Å². The molecule has 2 amide bonds. The summed E-state index contributed by atoms with van der Waals surface area (Å²) in [6.07, 6.45) is 3.71. The van der Waals surface area contributed by atoms with Gasteiger partial charge in [-0.15, -0.1) is 0 Å². The van der Waals surface area contributed by atoms with Gasteiger partial charge >= 0.3 is 0 Å². The summed E-state index contributed by atoms with van der Waals surface area (Å²) >= 11 is 0. The van der Waals surface area contributed by atoms with Gasteiger partial charge in [0.2, 0.25) is 12.7 Å². The van der Waals surface area contributed by atoms with Crippen LogP contribution in [0.5, 0.6) is 11.5 Å². The predicted octanol–water partition coefficient (Wildman–Crippen LogP) is 1.55. The second-order valence-corrected chi connectivity index (χ2v) is 6.42. The molecular weight excluding hydrogens is 296 g/mol. The molecule has 0 radical (unpaired) electrons. The van der Waals surface area contributed by atoms with Crippen molar-refractivity contribution in [2.75, 3.05) is 19.9 Å². The van der Waals surface area contributed by atoms with Gasteiger partial charge in [0.05, 0.1) is 0 Å². The highest BCUT2D eigenvalue weighted by Gasteiger charge is 2.35. The van der Waals surface area contributed by atoms with Gasteiger partial charge in [0.15, 0.2) is 11.5 Å². The first-order valence-corrected chi connectivity index (χ1v) is 8.20. The number of nitrogens with zero attached hydrogens (tertiary/aromatic N) is 1. The minimum absolute atomic E-state index is 0.102. The maximum atomic E-state index is 12.4. The second-order valence-electron chi connectivity index (χ2n) is 6.42. The van der Waals surface area contributed by atoms with Crippen LogP contribution in [0.15, 0.2) is 18.2 Å². The average molecular weight is 316 g/mol. The zero-order valence-electron chi connectivity index (χ0n) is 12.9. The van der Waals surface area contributed by atoms with Crippen LogP contribution in [-0.4, -0.2) is 42.6 Å². The van der Waals surface area contributed by atoms with E-state index in [4.69, 9.17) is 9.47 Å². The second kappa shape index (κ2) is 5.76. The van der Waals surface area contributed by atoms with Gasteiger partial charge in [-0.3, -0.25) is 9.59 Å². The van der Waals surface area contributed by atoms with Crippen LogP contribution in [0, 0.1) is 5.92 Å². The number of rotatable bonds is 3. The summed E-state index contributed by atoms with van der Waals surface area (Å²) in [7, 11) is 0. The van der Waals surface area contributed by atoms with Gasteiger partial charge in [-0.25, -0.2) is 0 Å². The molecule has 1 aromatic rings. The Labute approximate surface area is 134 Å². The molecule has 0 bridgehead atoms. The molecule has 0 atom stereocenters. The maximum Gasteiger partial charge on any atom is 0.251 e. The van der Waals surface area contributed by atoms with Gasteiger partial charge in [0, 0.05) is 30.6 Å². The third-order valence-corrected chi connectivity index (χ3v) is 4.70. The van der Waals surface area contributed by atoms with E-state index in [2.05, 4.69) is 5.32 Å². The van der Waals surface area contributed by atoms with Gasteiger partial charge in [0.1, 0.15) is 0 Å². The van der Waals surface area contributed by atoms with Crippen molar-refractivity contribution in [3.63, 3.8) is 0 Å². The molecule has 1 aromatic carbocycles. The van der Waals surface area contributed by atoms with Crippen LogP contribution >= 0.6 is 0 Å². The highest BCUT2D eigenvalue weighted by atomic mass is 16.7. The smallest absolute Gasteiger partial charge is 0.251 e. The van der Waals surface area contributed by atoms with Gasteiger partial charge in [-0.05, 0) is 43.9 Å². The molecule has 2 aliphatic heterocycles. The van der Waals surface area contributed by atoms with Crippen molar-refractivity contribution in [3.05, 3.63) is 23.8 Å². The van der Waals surface area contributed by atoms with Gasteiger partial charge < -0.3 is 19.7 Å². The SMILES string of the molecule is O=C(NC1CCN(C(=O)C2CC2)CC1)c1ccc2c(c1)OCO2. The molecule has 23 heavy (non-hydrogen) atoms. The Kier molecular flexibility index (Phi) is 3.59. The molecule has 1 aliphatic carbocycles. The largest absolute Gasteiger partial charge is 0.454 e. The minimum Gasteiger partial charge on any atom is -0.454 e. The fourth-order valence-corrected chi connectivity index (χ4v) is 3.14. The number of piperidine rings is 1. The van der Waals surface area contributed by atoms with Crippen molar-refractivity contribution in [2.45, 2.75) is 31.7 Å². The molecule has 1 saturated carbocycles. The first kappa shape index (κ1) is 14.4. The van der Waals surface area contributed by atoms with Crippen LogP contribution in [0.2, 0.25) is 0 Å². The fraction of sp³-hybridized carbons (Fsp3) is 0.529. The first-order chi connectivity index (χ1) is 11.2. The molecule has 2 heterocycles. The Hall–Kier alpha value is -2.24. The third-order valence-electron chi connectivity index (χ3n) is 4.70. The summed E-state index contributed by atoms with van der Waals surface area (Å²) in [6.45, 7) is 1.68. The van der Waals surface area contributed by atoms with Crippen LogP contribution in [0.1, 0.15) is 36.0 Å². The number of likely N-dealkylation sites (tertiary alicyclic amines) is 1. The Balaban J connectivity index is 1.32. The summed E-state index contributed by atoms with van der Waals surface area (Å²) < 4.78 is 10.6. The van der Waals surface area contributed by atoms with Crippen molar-refractivity contribution < 1.29 is 19.1 Å². The van der Waals surface area contributed by atoms with Gasteiger partial charge in [0.25, 0.3) is 5.91 Å². The minimum atomic E-state index is -0.102. The van der Waals surface area contributed by atoms with Crippen molar-refractivity contribution in [1.29, 1.82) is 0 Å². The van der Waals surface area contributed by atoms with E-state index in [9.17, 15) is 9.59 Å². The summed E-state index contributed by atoms with van der Waals surface area (Å²) in [5.74, 6) is 1.76. The third kappa shape index (κ3) is 2.98. The quantitative estimate of drug-likeness (QED) is 0.918. The summed E-state index contributed by atoms with van der Waals surface area (Å²) in [4.78, 5) is 26.3. The zero-order valence-corrected chi connectivity index (χ0v) is 12.9. The molecule has 4 rings (SSSR count). The molecule has 1 N–H and O–H groups in total. The Bertz CT molecular complexity index is 633. The Morgan fingerprint density at radius 2 is 1.78 bits per heavy atom. The van der Waals surface area contributed by atoms with Crippen LogP contribution in [0.4, 0.5) is 0 Å². The molecule has 2 fully saturated rings. The first-order valence-electron chi connectivity index (χ1n) is 8.20. The van der Waals surface area contributed by atoms with Crippen LogP contribution in [0.3, 0.4) is 0 Å². The number of nitrogens with one attached hydrogen (secondary N) is 1. The van der Waals surface area contributed by atoms with E-state index in [0.717, 1.165) is 38.8 Å². The highest BCUT2D eigenvalue weighted by molar-refractivity contribution is 5.95. The van der Waals surface area contributed by atoms with Crippen molar-refractivity contribution in [1.82, 2.24) is 10.2 Å². The van der Waals surface area contributed by atoms with E-state index in [1.807, 2.05) is 4.90 Å². The molecule has 1 saturated heterocycles. The highest BCUT2D eigenvalue weighted by Crippen LogP contribution is 2.33. The summed E-state index contributed by atoms with van der Waals surface area (Å²) in [5, 5.41) is 3.06. The molecule has 122 valence electrons. The van der Waals surface area contributed by atoms with Crippen LogP contribution in [-0.2, 0) is 4.79 Å². The van der Waals surface area contributed by atoms with Crippen LogP contribution in [0.25, 0.3) is 0 Å². The van der Waals surface area contributed by atoms with Gasteiger partial charge in [-0.2, -0.15) is 0 Å². The number of fused-ring (bicyclic) bond motifs is 1. The zero-order chi connectivity index (χ0) is 15.8. The molecule has 0 spiro atoms. The lowest BCUT2D eigenvalue weighted by molar-refractivity contribution is -0.133. The van der Waals surface area contributed by atoms with Crippen LogP contribution < -0.4 is 14.8 Å². The maximum absolute atomic E-state index is 12.4. The predicted molar refractivity (Wildman–Crippen MR) is 82.4 cm³/mol. The lowest BCUT2D eigenvalue weighted by Gasteiger charge is -2.32. The van der Waals surface area contributed by atoms with Crippen molar-refractivity contribution in [3.8, 4) is 11.5 Å². The topological polar surface area (TPSA) is 67.9 Å². The fourth-order valence-electron chi connectivity index (χ4n) is 3.14. The Morgan fingerprint density at radius 1 is 1.04 bits per heavy atom. The summed E-state index contributed by atoms with van der Waals surface area (Å²) in [5.41, 5.74) is 0.575. The molecule has 0 aromatic heterocycles. The van der Waals surface area contributed by atoms with Crippen molar-refractivity contribution in [2.24, 2.45) is 5.92 Å². The number of carbonyl (C=O) groups is 2. The average Bonchev–Trinajstić information content (AvgIpc) is 3.32. The molecule has 6 nitrogen and oxygen atoms in total.